The maximum Gasteiger partial charge on any atom is 0.231 e. The molecule has 0 fully saturated rings. The van der Waals surface area contributed by atoms with Crippen molar-refractivity contribution >= 4 is 23.2 Å². The van der Waals surface area contributed by atoms with Crippen molar-refractivity contribution in [3.8, 4) is 0 Å². The van der Waals surface area contributed by atoms with Gasteiger partial charge < -0.3 is 5.32 Å². The van der Waals surface area contributed by atoms with Crippen LogP contribution in [-0.2, 0) is 11.2 Å². The van der Waals surface area contributed by atoms with Crippen LogP contribution in [0.3, 0.4) is 0 Å². The predicted molar refractivity (Wildman–Crippen MR) is 93.5 cm³/mol. The molecule has 1 amide bonds. The molecule has 3 heteroatoms. The molecule has 2 nitrogen and oxygen atoms in total. The molecule has 0 unspecified atom stereocenters. The van der Waals surface area contributed by atoms with Crippen molar-refractivity contribution in [3.63, 3.8) is 0 Å². The number of rotatable bonds is 5. The number of nitrogens with one attached hydrogen (secondary N) is 1. The monoisotopic (exact) mass is 315 g/mol. The first-order valence-electron chi connectivity index (χ1n) is 7.61. The second-order valence-electron chi connectivity index (χ2n) is 6.06. The normalized spacial score (nSPS) is 12.2. The fraction of sp³-hybridized carbons (Fsp3) is 0.316. The van der Waals surface area contributed by atoms with E-state index >= 15 is 0 Å². The van der Waals surface area contributed by atoms with Gasteiger partial charge in [0, 0.05) is 10.7 Å². The third-order valence-corrected chi connectivity index (χ3v) is 3.84. The van der Waals surface area contributed by atoms with Gasteiger partial charge >= 0.3 is 0 Å². The summed E-state index contributed by atoms with van der Waals surface area (Å²) in [5.41, 5.74) is 3.05. The van der Waals surface area contributed by atoms with Gasteiger partial charge in [0.2, 0.25) is 5.91 Å². The van der Waals surface area contributed by atoms with Crippen molar-refractivity contribution in [1.29, 1.82) is 0 Å². The molecule has 2 aromatic rings. The quantitative estimate of drug-likeness (QED) is 0.799. The summed E-state index contributed by atoms with van der Waals surface area (Å²) in [6.45, 7) is 6.32. The molecule has 116 valence electrons. The Bertz CT molecular complexity index is 634. The maximum absolute atomic E-state index is 12.3. The molecule has 0 radical (unpaired) electrons. The average molecular weight is 316 g/mol. The van der Waals surface area contributed by atoms with E-state index in [0.717, 1.165) is 17.7 Å². The predicted octanol–water partition coefficient (Wildman–Crippen LogP) is 5.28. The maximum atomic E-state index is 12.3. The van der Waals surface area contributed by atoms with Gasteiger partial charge in [0.15, 0.2) is 0 Å². The molecule has 2 aromatic carbocycles. The van der Waals surface area contributed by atoms with Crippen molar-refractivity contribution in [1.82, 2.24) is 0 Å². The van der Waals surface area contributed by atoms with Crippen LogP contribution >= 0.6 is 11.6 Å². The highest BCUT2D eigenvalue weighted by Crippen LogP contribution is 2.21. The van der Waals surface area contributed by atoms with Crippen LogP contribution in [0, 0.1) is 5.92 Å². The van der Waals surface area contributed by atoms with Crippen molar-refractivity contribution in [2.75, 3.05) is 5.32 Å². The van der Waals surface area contributed by atoms with Crippen LogP contribution in [0.15, 0.2) is 48.5 Å². The third-order valence-electron chi connectivity index (χ3n) is 3.61. The van der Waals surface area contributed by atoms with E-state index in [1.807, 2.05) is 31.2 Å². The van der Waals surface area contributed by atoms with E-state index in [9.17, 15) is 4.79 Å². The summed E-state index contributed by atoms with van der Waals surface area (Å²) >= 11 is 5.93. The summed E-state index contributed by atoms with van der Waals surface area (Å²) < 4.78 is 0. The standard InChI is InChI=1S/C19H22ClNO/c1-13(2)11-15-7-9-16(10-8-15)14(3)19(22)21-18-6-4-5-17(20)12-18/h4-10,12-14H,11H2,1-3H3,(H,21,22)/t14-/m1/s1. The van der Waals surface area contributed by atoms with Crippen LogP contribution in [0.2, 0.25) is 5.02 Å². The highest BCUT2D eigenvalue weighted by atomic mass is 35.5. The highest BCUT2D eigenvalue weighted by Gasteiger charge is 2.15. The summed E-state index contributed by atoms with van der Waals surface area (Å²) in [5, 5.41) is 3.52. The first-order valence-corrected chi connectivity index (χ1v) is 7.99. The number of hydrogen-bond donors (Lipinski definition) is 1. The zero-order chi connectivity index (χ0) is 16.1. The number of halogens is 1. The van der Waals surface area contributed by atoms with Crippen LogP contribution in [-0.4, -0.2) is 5.91 Å². The minimum atomic E-state index is -0.202. The highest BCUT2D eigenvalue weighted by molar-refractivity contribution is 6.30. The van der Waals surface area contributed by atoms with Crippen LogP contribution in [0.1, 0.15) is 37.8 Å². The zero-order valence-electron chi connectivity index (χ0n) is 13.3. The van der Waals surface area contributed by atoms with Crippen LogP contribution in [0.4, 0.5) is 5.69 Å². The van der Waals surface area contributed by atoms with Crippen molar-refractivity contribution < 1.29 is 4.79 Å². The molecular weight excluding hydrogens is 294 g/mol. The van der Waals surface area contributed by atoms with Gasteiger partial charge in [-0.1, -0.05) is 55.8 Å². The average Bonchev–Trinajstić information content (AvgIpc) is 2.46. The van der Waals surface area contributed by atoms with Crippen molar-refractivity contribution in [2.45, 2.75) is 33.1 Å². The summed E-state index contributed by atoms with van der Waals surface area (Å²) in [6.07, 6.45) is 1.06. The first-order chi connectivity index (χ1) is 10.5. The smallest absolute Gasteiger partial charge is 0.231 e. The molecule has 2 rings (SSSR count). The first kappa shape index (κ1) is 16.6. The van der Waals surface area contributed by atoms with Gasteiger partial charge in [-0.3, -0.25) is 4.79 Å². The summed E-state index contributed by atoms with van der Waals surface area (Å²) in [5.74, 6) is 0.403. The molecule has 0 aliphatic carbocycles. The van der Waals surface area contributed by atoms with Gasteiger partial charge in [-0.25, -0.2) is 0 Å². The lowest BCUT2D eigenvalue weighted by molar-refractivity contribution is -0.117. The zero-order valence-corrected chi connectivity index (χ0v) is 14.0. The van der Waals surface area contributed by atoms with Gasteiger partial charge in [-0.15, -0.1) is 0 Å². The van der Waals surface area contributed by atoms with Crippen LogP contribution < -0.4 is 5.32 Å². The SMILES string of the molecule is CC(C)Cc1ccc([C@@H](C)C(=O)Nc2cccc(Cl)c2)cc1. The molecule has 0 bridgehead atoms. The number of anilines is 1. The molecule has 0 spiro atoms. The van der Waals surface area contributed by atoms with Gasteiger partial charge in [0.25, 0.3) is 0 Å². The lowest BCUT2D eigenvalue weighted by atomic mass is 9.96. The summed E-state index contributed by atoms with van der Waals surface area (Å²) in [6, 6.07) is 15.5. The molecule has 1 N–H and O–H groups in total. The Hall–Kier alpha value is -1.80. The molecule has 0 heterocycles. The Morgan fingerprint density at radius 3 is 2.36 bits per heavy atom. The fourth-order valence-corrected chi connectivity index (χ4v) is 2.57. The minimum absolute atomic E-state index is 0.0288. The molecule has 0 aromatic heterocycles. The van der Waals surface area contributed by atoms with Gasteiger partial charge in [0.1, 0.15) is 0 Å². The molecule has 0 aliphatic heterocycles. The number of carbonyl (C=O) groups excluding carboxylic acids is 1. The lowest BCUT2D eigenvalue weighted by Gasteiger charge is -2.14. The summed E-state index contributed by atoms with van der Waals surface area (Å²) in [7, 11) is 0. The second-order valence-corrected chi connectivity index (χ2v) is 6.50. The Kier molecular flexibility index (Phi) is 5.62. The second kappa shape index (κ2) is 7.46. The van der Waals surface area contributed by atoms with E-state index in [-0.39, 0.29) is 11.8 Å². The molecule has 0 saturated heterocycles. The van der Waals surface area contributed by atoms with Gasteiger partial charge in [0.05, 0.1) is 5.92 Å². The Morgan fingerprint density at radius 2 is 1.77 bits per heavy atom. The summed E-state index contributed by atoms with van der Waals surface area (Å²) in [4.78, 5) is 12.3. The van der Waals surface area contributed by atoms with E-state index in [4.69, 9.17) is 11.6 Å². The van der Waals surface area contributed by atoms with Crippen molar-refractivity contribution in [2.24, 2.45) is 5.92 Å². The largest absolute Gasteiger partial charge is 0.326 e. The Balaban J connectivity index is 2.03. The molecule has 0 aliphatic rings. The molecular formula is C19H22ClNO. The number of amides is 1. The van der Waals surface area contributed by atoms with E-state index in [1.165, 1.54) is 5.56 Å². The van der Waals surface area contributed by atoms with E-state index in [0.29, 0.717) is 10.9 Å². The topological polar surface area (TPSA) is 29.1 Å². The molecule has 0 saturated carbocycles. The number of carbonyl (C=O) groups is 1. The van der Waals surface area contributed by atoms with E-state index < -0.39 is 0 Å². The molecule has 22 heavy (non-hydrogen) atoms. The third kappa shape index (κ3) is 4.60. The lowest BCUT2D eigenvalue weighted by Crippen LogP contribution is -2.18. The van der Waals surface area contributed by atoms with E-state index in [2.05, 4.69) is 31.3 Å². The van der Waals surface area contributed by atoms with Gasteiger partial charge in [-0.05, 0) is 48.6 Å². The number of hydrogen-bond acceptors (Lipinski definition) is 1. The van der Waals surface area contributed by atoms with Crippen LogP contribution in [0.25, 0.3) is 0 Å². The number of benzene rings is 2. The minimum Gasteiger partial charge on any atom is -0.326 e. The van der Waals surface area contributed by atoms with Crippen LogP contribution in [0.5, 0.6) is 0 Å². The van der Waals surface area contributed by atoms with E-state index in [1.54, 1.807) is 12.1 Å². The molecule has 1 atom stereocenters. The Labute approximate surface area is 137 Å². The fourth-order valence-electron chi connectivity index (χ4n) is 2.38. The van der Waals surface area contributed by atoms with Crippen molar-refractivity contribution in [3.05, 3.63) is 64.7 Å². The van der Waals surface area contributed by atoms with Gasteiger partial charge in [-0.2, -0.15) is 0 Å². The Morgan fingerprint density at radius 1 is 1.09 bits per heavy atom.